The SMILES string of the molecule is CC1(C)N=C(c2ncc(C#Cc3cccc(F)c3)cn2)NC1=O. The van der Waals surface area contributed by atoms with E-state index in [4.69, 9.17) is 0 Å². The summed E-state index contributed by atoms with van der Waals surface area (Å²) >= 11 is 0. The van der Waals surface area contributed by atoms with Gasteiger partial charge in [0.25, 0.3) is 5.91 Å². The molecule has 2 heterocycles. The van der Waals surface area contributed by atoms with E-state index in [1.54, 1.807) is 26.0 Å². The topological polar surface area (TPSA) is 67.2 Å². The molecule has 0 aliphatic carbocycles. The highest BCUT2D eigenvalue weighted by molar-refractivity contribution is 6.13. The summed E-state index contributed by atoms with van der Waals surface area (Å²) in [4.78, 5) is 24.3. The van der Waals surface area contributed by atoms with Gasteiger partial charge in [0.15, 0.2) is 11.7 Å². The van der Waals surface area contributed by atoms with Gasteiger partial charge in [0.1, 0.15) is 11.4 Å². The second-order valence-corrected chi connectivity index (χ2v) is 5.53. The van der Waals surface area contributed by atoms with Crippen molar-refractivity contribution < 1.29 is 9.18 Å². The van der Waals surface area contributed by atoms with Gasteiger partial charge >= 0.3 is 0 Å². The Balaban J connectivity index is 1.80. The maximum absolute atomic E-state index is 13.1. The number of hydrogen-bond donors (Lipinski definition) is 1. The zero-order chi connectivity index (χ0) is 16.4. The van der Waals surface area contributed by atoms with Gasteiger partial charge in [-0.15, -0.1) is 0 Å². The van der Waals surface area contributed by atoms with Crippen LogP contribution in [0.3, 0.4) is 0 Å². The summed E-state index contributed by atoms with van der Waals surface area (Å²) < 4.78 is 13.1. The minimum Gasteiger partial charge on any atom is -0.306 e. The number of amidine groups is 1. The van der Waals surface area contributed by atoms with E-state index in [1.165, 1.54) is 24.5 Å². The molecule has 0 atom stereocenters. The van der Waals surface area contributed by atoms with Crippen LogP contribution in [0.25, 0.3) is 0 Å². The van der Waals surface area contributed by atoms with Gasteiger partial charge in [0.2, 0.25) is 0 Å². The molecule has 0 radical (unpaired) electrons. The molecule has 0 saturated carbocycles. The number of rotatable bonds is 1. The Morgan fingerprint density at radius 3 is 2.43 bits per heavy atom. The lowest BCUT2D eigenvalue weighted by Gasteiger charge is -2.07. The van der Waals surface area contributed by atoms with E-state index in [1.807, 2.05) is 0 Å². The Morgan fingerprint density at radius 1 is 1.13 bits per heavy atom. The number of carbonyl (C=O) groups is 1. The molecule has 1 aromatic carbocycles. The zero-order valence-corrected chi connectivity index (χ0v) is 12.6. The number of aromatic nitrogens is 2. The van der Waals surface area contributed by atoms with Crippen LogP contribution in [-0.4, -0.2) is 27.2 Å². The van der Waals surface area contributed by atoms with Gasteiger partial charge < -0.3 is 5.32 Å². The van der Waals surface area contributed by atoms with Gasteiger partial charge in [0.05, 0.1) is 5.56 Å². The van der Waals surface area contributed by atoms with E-state index >= 15 is 0 Å². The number of nitrogens with one attached hydrogen (secondary N) is 1. The third kappa shape index (κ3) is 3.24. The molecule has 5 nitrogen and oxygen atoms in total. The number of benzene rings is 1. The maximum atomic E-state index is 13.1. The van der Waals surface area contributed by atoms with Crippen molar-refractivity contribution in [1.29, 1.82) is 0 Å². The number of halogens is 1. The molecule has 1 aromatic heterocycles. The van der Waals surface area contributed by atoms with Gasteiger partial charge in [-0.3, -0.25) is 4.79 Å². The van der Waals surface area contributed by atoms with Crippen LogP contribution in [0.2, 0.25) is 0 Å². The van der Waals surface area contributed by atoms with Crippen LogP contribution in [0, 0.1) is 17.7 Å². The third-order valence-corrected chi connectivity index (χ3v) is 3.22. The summed E-state index contributed by atoms with van der Waals surface area (Å²) in [6.45, 7) is 3.43. The molecule has 0 fully saturated rings. The lowest BCUT2D eigenvalue weighted by molar-refractivity contribution is -0.122. The Morgan fingerprint density at radius 2 is 1.83 bits per heavy atom. The van der Waals surface area contributed by atoms with Crippen molar-refractivity contribution in [3.05, 3.63) is 59.4 Å². The van der Waals surface area contributed by atoms with E-state index in [2.05, 4.69) is 32.1 Å². The minimum absolute atomic E-state index is 0.189. The van der Waals surface area contributed by atoms with Crippen molar-refractivity contribution in [2.45, 2.75) is 19.4 Å². The molecule has 1 amide bonds. The summed E-state index contributed by atoms with van der Waals surface area (Å²) in [5.41, 5.74) is 0.347. The number of hydrogen-bond acceptors (Lipinski definition) is 4. The second kappa shape index (κ2) is 5.61. The molecule has 1 aliphatic rings. The van der Waals surface area contributed by atoms with Gasteiger partial charge in [-0.25, -0.2) is 19.4 Å². The smallest absolute Gasteiger partial charge is 0.253 e. The van der Waals surface area contributed by atoms with Crippen LogP contribution < -0.4 is 5.32 Å². The van der Waals surface area contributed by atoms with Crippen LogP contribution in [0.1, 0.15) is 30.8 Å². The van der Waals surface area contributed by atoms with Crippen molar-refractivity contribution in [2.75, 3.05) is 0 Å². The molecule has 114 valence electrons. The molecular weight excluding hydrogens is 295 g/mol. The molecule has 0 spiro atoms. The fourth-order valence-electron chi connectivity index (χ4n) is 1.95. The summed E-state index contributed by atoms with van der Waals surface area (Å²) in [5.74, 6) is 5.87. The number of aliphatic imine (C=N–C) groups is 1. The van der Waals surface area contributed by atoms with Crippen LogP contribution >= 0.6 is 0 Å². The average molecular weight is 308 g/mol. The first-order chi connectivity index (χ1) is 10.9. The van der Waals surface area contributed by atoms with Crippen LogP contribution in [0.15, 0.2) is 41.7 Å². The van der Waals surface area contributed by atoms with Crippen molar-refractivity contribution in [1.82, 2.24) is 15.3 Å². The van der Waals surface area contributed by atoms with Gasteiger partial charge in [-0.05, 0) is 32.0 Å². The summed E-state index contributed by atoms with van der Waals surface area (Å²) in [6, 6.07) is 6.03. The molecule has 1 aliphatic heterocycles. The number of nitrogens with zero attached hydrogens (tertiary/aromatic N) is 3. The first kappa shape index (κ1) is 14.9. The second-order valence-electron chi connectivity index (χ2n) is 5.53. The van der Waals surface area contributed by atoms with E-state index in [0.717, 1.165) is 0 Å². The fraction of sp³-hybridized carbons (Fsp3) is 0.176. The molecule has 0 unspecified atom stereocenters. The lowest BCUT2D eigenvalue weighted by atomic mass is 10.1. The lowest BCUT2D eigenvalue weighted by Crippen LogP contribution is -2.35. The summed E-state index contributed by atoms with van der Waals surface area (Å²) in [5, 5.41) is 2.65. The molecule has 0 bridgehead atoms. The molecule has 6 heteroatoms. The average Bonchev–Trinajstić information content (AvgIpc) is 2.79. The predicted molar refractivity (Wildman–Crippen MR) is 83.2 cm³/mol. The number of carbonyl (C=O) groups excluding carboxylic acids is 1. The van der Waals surface area contributed by atoms with E-state index in [-0.39, 0.29) is 11.7 Å². The molecule has 1 N–H and O–H groups in total. The third-order valence-electron chi connectivity index (χ3n) is 3.22. The zero-order valence-electron chi connectivity index (χ0n) is 12.6. The van der Waals surface area contributed by atoms with Gasteiger partial charge in [-0.2, -0.15) is 0 Å². The van der Waals surface area contributed by atoms with Crippen molar-refractivity contribution >= 4 is 11.7 Å². The van der Waals surface area contributed by atoms with E-state index < -0.39 is 5.54 Å². The Bertz CT molecular complexity index is 860. The molecule has 23 heavy (non-hydrogen) atoms. The molecule has 0 saturated heterocycles. The molecule has 2 aromatic rings. The van der Waals surface area contributed by atoms with Crippen LogP contribution in [0.5, 0.6) is 0 Å². The van der Waals surface area contributed by atoms with Crippen molar-refractivity contribution in [2.24, 2.45) is 4.99 Å². The highest BCUT2D eigenvalue weighted by Crippen LogP contribution is 2.16. The van der Waals surface area contributed by atoms with Crippen LogP contribution in [-0.2, 0) is 4.79 Å². The largest absolute Gasteiger partial charge is 0.306 e. The van der Waals surface area contributed by atoms with Crippen molar-refractivity contribution in [3.63, 3.8) is 0 Å². The standard InChI is InChI=1S/C17H13FN4O/c1-17(2)16(23)21-15(22-17)14-19-9-12(10-20-14)7-6-11-4-3-5-13(18)8-11/h3-5,8-10H,1-2H3,(H,21,22,23). The fourth-order valence-corrected chi connectivity index (χ4v) is 1.95. The molecular formula is C17H13FN4O. The highest BCUT2D eigenvalue weighted by atomic mass is 19.1. The monoisotopic (exact) mass is 308 g/mol. The highest BCUT2D eigenvalue weighted by Gasteiger charge is 2.35. The van der Waals surface area contributed by atoms with Gasteiger partial charge in [0, 0.05) is 18.0 Å². The Labute approximate surface area is 132 Å². The molecule has 3 rings (SSSR count). The number of amides is 1. The Kier molecular flexibility index (Phi) is 3.62. The predicted octanol–water partition coefficient (Wildman–Crippen LogP) is 1.67. The van der Waals surface area contributed by atoms with Crippen molar-refractivity contribution in [3.8, 4) is 11.8 Å². The van der Waals surface area contributed by atoms with Crippen LogP contribution in [0.4, 0.5) is 4.39 Å². The quantitative estimate of drug-likeness (QED) is 0.815. The summed E-state index contributed by atoms with van der Waals surface area (Å²) in [7, 11) is 0. The first-order valence-electron chi connectivity index (χ1n) is 6.95. The maximum Gasteiger partial charge on any atom is 0.253 e. The summed E-state index contributed by atoms with van der Waals surface area (Å²) in [6.07, 6.45) is 3.07. The van der Waals surface area contributed by atoms with E-state index in [0.29, 0.717) is 22.8 Å². The Hall–Kier alpha value is -3.07. The van der Waals surface area contributed by atoms with Gasteiger partial charge in [-0.1, -0.05) is 17.9 Å². The first-order valence-corrected chi connectivity index (χ1v) is 6.95. The minimum atomic E-state index is -0.811. The normalized spacial score (nSPS) is 15.4. The van der Waals surface area contributed by atoms with E-state index in [9.17, 15) is 9.18 Å².